The van der Waals surface area contributed by atoms with Crippen molar-refractivity contribution in [1.29, 1.82) is 0 Å². The van der Waals surface area contributed by atoms with Crippen LogP contribution in [0, 0.1) is 5.41 Å². The molecule has 4 N–H and O–H groups in total. The Balaban J connectivity index is 2.36. The first-order valence-electron chi connectivity index (χ1n) is 6.09. The second-order valence-electron chi connectivity index (χ2n) is 4.97. The zero-order valence-corrected chi connectivity index (χ0v) is 11.3. The molecule has 0 atom stereocenters. The molecule has 20 heavy (non-hydrogen) atoms. The van der Waals surface area contributed by atoms with E-state index >= 15 is 0 Å². The molecule has 2 rings (SSSR count). The smallest absolute Gasteiger partial charge is 0.237 e. The van der Waals surface area contributed by atoms with Crippen LogP contribution in [0.2, 0.25) is 0 Å². The Bertz CT molecular complexity index is 674. The predicted octanol–water partition coefficient (Wildman–Crippen LogP) is 1.95. The number of aromatic nitrogens is 1. The molecule has 0 bridgehead atoms. The molecular formula is C14H16N4O2. The number of carbonyl (C=O) groups excluding carboxylic acids is 1. The van der Waals surface area contributed by atoms with E-state index in [1.54, 1.807) is 32.3 Å². The highest BCUT2D eigenvalue weighted by Gasteiger charge is 2.33. The van der Waals surface area contributed by atoms with Crippen molar-refractivity contribution in [1.82, 2.24) is 4.98 Å². The fraction of sp³-hybridized carbons (Fsp3) is 0.214. The molecule has 0 radical (unpaired) electrons. The zero-order valence-electron chi connectivity index (χ0n) is 11.3. The number of benzene rings is 1. The van der Waals surface area contributed by atoms with E-state index in [2.05, 4.69) is 15.5 Å². The minimum Gasteiger partial charge on any atom is -0.409 e. The van der Waals surface area contributed by atoms with Crippen molar-refractivity contribution in [3.63, 3.8) is 0 Å². The lowest BCUT2D eigenvalue weighted by Crippen LogP contribution is -2.42. The molecule has 0 aliphatic heterocycles. The third-order valence-corrected chi connectivity index (χ3v) is 3.25. The van der Waals surface area contributed by atoms with Crippen molar-refractivity contribution in [3.05, 3.63) is 36.7 Å². The molecule has 0 fully saturated rings. The Hall–Kier alpha value is -2.63. The third kappa shape index (κ3) is 2.40. The van der Waals surface area contributed by atoms with Crippen molar-refractivity contribution in [3.8, 4) is 0 Å². The Morgan fingerprint density at radius 2 is 2.15 bits per heavy atom. The maximum absolute atomic E-state index is 12.3. The number of nitrogens with two attached hydrogens (primary N) is 1. The number of carbonyl (C=O) groups is 1. The second kappa shape index (κ2) is 5.16. The lowest BCUT2D eigenvalue weighted by atomic mass is 9.90. The minimum absolute atomic E-state index is 0.145. The molecule has 1 aromatic heterocycles. The highest BCUT2D eigenvalue weighted by Crippen LogP contribution is 2.25. The van der Waals surface area contributed by atoms with Crippen LogP contribution in [0.5, 0.6) is 0 Å². The van der Waals surface area contributed by atoms with Gasteiger partial charge in [0.25, 0.3) is 0 Å². The van der Waals surface area contributed by atoms with Crippen LogP contribution in [0.15, 0.2) is 41.8 Å². The van der Waals surface area contributed by atoms with Crippen LogP contribution < -0.4 is 11.1 Å². The fourth-order valence-electron chi connectivity index (χ4n) is 1.74. The Morgan fingerprint density at radius 1 is 1.40 bits per heavy atom. The summed E-state index contributed by atoms with van der Waals surface area (Å²) >= 11 is 0. The molecule has 6 nitrogen and oxygen atoms in total. The monoisotopic (exact) mass is 272 g/mol. The molecule has 6 heteroatoms. The van der Waals surface area contributed by atoms with Gasteiger partial charge in [0.2, 0.25) is 5.91 Å². The molecular weight excluding hydrogens is 256 g/mol. The summed E-state index contributed by atoms with van der Waals surface area (Å²) in [5, 5.41) is 16.2. The number of rotatable bonds is 3. The van der Waals surface area contributed by atoms with Gasteiger partial charge < -0.3 is 16.3 Å². The van der Waals surface area contributed by atoms with Gasteiger partial charge in [-0.15, -0.1) is 0 Å². The van der Waals surface area contributed by atoms with E-state index < -0.39 is 5.41 Å². The first kappa shape index (κ1) is 13.8. The van der Waals surface area contributed by atoms with Crippen LogP contribution >= 0.6 is 0 Å². The topological polar surface area (TPSA) is 101 Å². The van der Waals surface area contributed by atoms with Crippen molar-refractivity contribution >= 4 is 28.2 Å². The van der Waals surface area contributed by atoms with Gasteiger partial charge in [0.15, 0.2) is 5.84 Å². The van der Waals surface area contributed by atoms with Crippen molar-refractivity contribution in [2.75, 3.05) is 5.32 Å². The molecule has 0 unspecified atom stereocenters. The van der Waals surface area contributed by atoms with Gasteiger partial charge in [0.05, 0.1) is 5.69 Å². The average Bonchev–Trinajstić information content (AvgIpc) is 2.46. The molecule has 0 spiro atoms. The van der Waals surface area contributed by atoms with E-state index in [1.807, 2.05) is 18.2 Å². The summed E-state index contributed by atoms with van der Waals surface area (Å²) in [6.45, 7) is 3.17. The van der Waals surface area contributed by atoms with Gasteiger partial charge >= 0.3 is 0 Å². The molecule has 1 heterocycles. The van der Waals surface area contributed by atoms with E-state index in [1.165, 1.54) is 0 Å². The molecule has 0 saturated carbocycles. The molecule has 2 aromatic rings. The SMILES string of the molecule is CC(C)(C(=O)Nc1cccc2ccncc12)/C(N)=N/O. The number of oxime groups is 1. The summed E-state index contributed by atoms with van der Waals surface area (Å²) in [4.78, 5) is 16.3. The zero-order chi connectivity index (χ0) is 14.8. The maximum Gasteiger partial charge on any atom is 0.237 e. The first-order valence-corrected chi connectivity index (χ1v) is 6.09. The lowest BCUT2D eigenvalue weighted by molar-refractivity contribution is -0.121. The molecule has 0 saturated heterocycles. The molecule has 0 aliphatic rings. The molecule has 1 amide bonds. The Labute approximate surface area is 116 Å². The maximum atomic E-state index is 12.3. The number of hydrogen-bond donors (Lipinski definition) is 3. The van der Waals surface area contributed by atoms with Gasteiger partial charge in [-0.1, -0.05) is 17.3 Å². The van der Waals surface area contributed by atoms with Gasteiger partial charge in [0.1, 0.15) is 5.41 Å². The van der Waals surface area contributed by atoms with Crippen LogP contribution in [0.4, 0.5) is 5.69 Å². The molecule has 104 valence electrons. The number of amidine groups is 1. The van der Waals surface area contributed by atoms with Crippen LogP contribution in [0.1, 0.15) is 13.8 Å². The van der Waals surface area contributed by atoms with Crippen LogP contribution in [0.3, 0.4) is 0 Å². The molecule has 1 aromatic carbocycles. The Kier molecular flexibility index (Phi) is 3.56. The van der Waals surface area contributed by atoms with E-state index in [-0.39, 0.29) is 11.7 Å². The van der Waals surface area contributed by atoms with Crippen LogP contribution in [-0.2, 0) is 4.79 Å². The summed E-state index contributed by atoms with van der Waals surface area (Å²) in [6.07, 6.45) is 3.37. The van der Waals surface area contributed by atoms with Gasteiger partial charge in [-0.05, 0) is 31.4 Å². The minimum atomic E-state index is -1.11. The number of anilines is 1. The Morgan fingerprint density at radius 3 is 2.85 bits per heavy atom. The van der Waals surface area contributed by atoms with Gasteiger partial charge in [-0.3, -0.25) is 9.78 Å². The van der Waals surface area contributed by atoms with Crippen LogP contribution in [0.25, 0.3) is 10.8 Å². The summed E-state index contributed by atoms with van der Waals surface area (Å²) in [5.74, 6) is -0.502. The number of hydrogen-bond acceptors (Lipinski definition) is 4. The first-order chi connectivity index (χ1) is 9.46. The summed E-state index contributed by atoms with van der Waals surface area (Å²) in [7, 11) is 0. The van der Waals surface area contributed by atoms with E-state index in [4.69, 9.17) is 10.9 Å². The highest BCUT2D eigenvalue weighted by molar-refractivity contribution is 6.13. The number of nitrogens with one attached hydrogen (secondary N) is 1. The summed E-state index contributed by atoms with van der Waals surface area (Å²) in [5.41, 5.74) is 5.07. The van der Waals surface area contributed by atoms with Gasteiger partial charge in [0, 0.05) is 17.8 Å². The van der Waals surface area contributed by atoms with E-state index in [0.29, 0.717) is 5.69 Å². The number of amides is 1. The number of pyridine rings is 1. The van der Waals surface area contributed by atoms with E-state index in [9.17, 15) is 4.79 Å². The normalized spacial score (nSPS) is 12.4. The number of fused-ring (bicyclic) bond motifs is 1. The largest absolute Gasteiger partial charge is 0.409 e. The average molecular weight is 272 g/mol. The second-order valence-corrected chi connectivity index (χ2v) is 4.97. The van der Waals surface area contributed by atoms with Crippen molar-refractivity contribution < 1.29 is 10.0 Å². The lowest BCUT2D eigenvalue weighted by Gasteiger charge is -2.22. The fourth-order valence-corrected chi connectivity index (χ4v) is 1.74. The van der Waals surface area contributed by atoms with Crippen molar-refractivity contribution in [2.24, 2.45) is 16.3 Å². The summed E-state index contributed by atoms with van der Waals surface area (Å²) < 4.78 is 0. The predicted molar refractivity (Wildman–Crippen MR) is 77.6 cm³/mol. The third-order valence-electron chi connectivity index (χ3n) is 3.25. The van der Waals surface area contributed by atoms with Crippen LogP contribution in [-0.4, -0.2) is 21.9 Å². The highest BCUT2D eigenvalue weighted by atomic mass is 16.4. The number of nitrogens with zero attached hydrogens (tertiary/aromatic N) is 2. The van der Waals surface area contributed by atoms with Gasteiger partial charge in [-0.25, -0.2) is 0 Å². The van der Waals surface area contributed by atoms with E-state index in [0.717, 1.165) is 10.8 Å². The van der Waals surface area contributed by atoms with Crippen molar-refractivity contribution in [2.45, 2.75) is 13.8 Å². The molecule has 0 aliphatic carbocycles. The summed E-state index contributed by atoms with van der Waals surface area (Å²) in [6, 6.07) is 7.42. The quantitative estimate of drug-likeness (QED) is 0.344. The van der Waals surface area contributed by atoms with Gasteiger partial charge in [-0.2, -0.15) is 0 Å². The standard InChI is InChI=1S/C14H16N4O2/c1-14(2,12(15)18-20)13(19)17-11-5-3-4-9-6-7-16-8-10(9)11/h3-8,20H,1-2H3,(H2,15,18)(H,17,19).